The number of nitriles is 1. The van der Waals surface area contributed by atoms with Crippen molar-refractivity contribution in [2.75, 3.05) is 0 Å². The monoisotopic (exact) mass is 262 g/mol. The van der Waals surface area contributed by atoms with Crippen LogP contribution in [0.2, 0.25) is 0 Å². The van der Waals surface area contributed by atoms with Gasteiger partial charge in [0.05, 0.1) is 23.8 Å². The molecule has 0 N–H and O–H groups in total. The first-order valence-corrected chi connectivity index (χ1v) is 6.08. The van der Waals surface area contributed by atoms with E-state index in [9.17, 15) is 4.79 Å². The zero-order chi connectivity index (χ0) is 13.9. The van der Waals surface area contributed by atoms with Gasteiger partial charge in [-0.1, -0.05) is 18.2 Å². The zero-order valence-electron chi connectivity index (χ0n) is 10.5. The van der Waals surface area contributed by atoms with Gasteiger partial charge in [0.2, 0.25) is 0 Å². The summed E-state index contributed by atoms with van der Waals surface area (Å²) in [6, 6.07) is 12.7. The highest BCUT2D eigenvalue weighted by Crippen LogP contribution is 2.08. The molecule has 0 aliphatic carbocycles. The maximum atomic E-state index is 12.4. The zero-order valence-corrected chi connectivity index (χ0v) is 10.5. The molecule has 2 aromatic heterocycles. The molecule has 0 amide bonds. The smallest absolute Gasteiger partial charge is 0.261 e. The fourth-order valence-electron chi connectivity index (χ4n) is 2.07. The van der Waals surface area contributed by atoms with Crippen LogP contribution >= 0.6 is 0 Å². The number of fused-ring (bicyclic) bond motifs is 1. The van der Waals surface area contributed by atoms with Gasteiger partial charge in [-0.05, 0) is 18.2 Å². The van der Waals surface area contributed by atoms with Crippen molar-refractivity contribution in [1.82, 2.24) is 14.5 Å². The Labute approximate surface area is 114 Å². The molecule has 3 aromatic rings. The third-order valence-electron chi connectivity index (χ3n) is 3.07. The molecular formula is C15H10N4O. The highest BCUT2D eigenvalue weighted by Gasteiger charge is 2.07. The molecule has 0 bridgehead atoms. The van der Waals surface area contributed by atoms with Crippen LogP contribution in [0.3, 0.4) is 0 Å². The van der Waals surface area contributed by atoms with Crippen molar-refractivity contribution in [3.05, 3.63) is 70.5 Å². The average Bonchev–Trinajstić information content (AvgIpc) is 2.51. The average molecular weight is 262 g/mol. The summed E-state index contributed by atoms with van der Waals surface area (Å²) < 4.78 is 1.49. The Kier molecular flexibility index (Phi) is 2.98. The van der Waals surface area contributed by atoms with Crippen molar-refractivity contribution in [1.29, 1.82) is 5.26 Å². The molecule has 5 heteroatoms. The van der Waals surface area contributed by atoms with Crippen LogP contribution in [0.4, 0.5) is 0 Å². The number of rotatable bonds is 2. The largest absolute Gasteiger partial charge is 0.294 e. The second kappa shape index (κ2) is 4.94. The van der Waals surface area contributed by atoms with E-state index in [0.29, 0.717) is 22.2 Å². The molecule has 0 spiro atoms. The highest BCUT2D eigenvalue weighted by molar-refractivity contribution is 5.76. The van der Waals surface area contributed by atoms with Gasteiger partial charge < -0.3 is 0 Å². The predicted molar refractivity (Wildman–Crippen MR) is 74.1 cm³/mol. The molecule has 5 nitrogen and oxygen atoms in total. The summed E-state index contributed by atoms with van der Waals surface area (Å²) in [5.41, 5.74) is 1.57. The van der Waals surface area contributed by atoms with Crippen molar-refractivity contribution in [2.24, 2.45) is 0 Å². The molecule has 0 aliphatic heterocycles. The summed E-state index contributed by atoms with van der Waals surface area (Å²) >= 11 is 0. The Balaban J connectivity index is 2.10. The molecule has 0 aliphatic rings. The fourth-order valence-corrected chi connectivity index (χ4v) is 2.07. The van der Waals surface area contributed by atoms with Gasteiger partial charge in [-0.3, -0.25) is 9.36 Å². The molecule has 1 aromatic carbocycles. The van der Waals surface area contributed by atoms with E-state index in [2.05, 4.69) is 9.97 Å². The lowest BCUT2D eigenvalue weighted by Crippen LogP contribution is -2.21. The van der Waals surface area contributed by atoms with Crippen molar-refractivity contribution in [3.8, 4) is 6.07 Å². The van der Waals surface area contributed by atoms with Crippen molar-refractivity contribution < 1.29 is 0 Å². The van der Waals surface area contributed by atoms with Gasteiger partial charge in [0.15, 0.2) is 0 Å². The van der Waals surface area contributed by atoms with Crippen molar-refractivity contribution >= 4 is 10.9 Å². The molecular weight excluding hydrogens is 252 g/mol. The van der Waals surface area contributed by atoms with Gasteiger partial charge in [-0.25, -0.2) is 9.97 Å². The summed E-state index contributed by atoms with van der Waals surface area (Å²) in [5.74, 6) is 0. The summed E-state index contributed by atoms with van der Waals surface area (Å²) in [7, 11) is 0. The van der Waals surface area contributed by atoms with Gasteiger partial charge in [0.25, 0.3) is 5.56 Å². The van der Waals surface area contributed by atoms with Gasteiger partial charge >= 0.3 is 0 Å². The second-order valence-electron chi connectivity index (χ2n) is 4.32. The van der Waals surface area contributed by atoms with E-state index in [0.717, 1.165) is 0 Å². The Morgan fingerprint density at radius 1 is 1.15 bits per heavy atom. The van der Waals surface area contributed by atoms with E-state index in [1.54, 1.807) is 36.5 Å². The third kappa shape index (κ3) is 2.04. The van der Waals surface area contributed by atoms with Gasteiger partial charge in [-0.15, -0.1) is 0 Å². The minimum Gasteiger partial charge on any atom is -0.294 e. The van der Waals surface area contributed by atoms with E-state index in [4.69, 9.17) is 5.26 Å². The quantitative estimate of drug-likeness (QED) is 0.704. The van der Waals surface area contributed by atoms with E-state index < -0.39 is 0 Å². The van der Waals surface area contributed by atoms with Crippen LogP contribution < -0.4 is 5.56 Å². The number of aromatic nitrogens is 3. The standard InChI is InChI=1S/C15H10N4O/c16-8-14-11(4-3-7-17-14)9-19-10-18-13-6-2-1-5-12(13)15(19)20/h1-7,10H,9H2. The molecule has 0 radical (unpaired) electrons. The summed E-state index contributed by atoms with van der Waals surface area (Å²) in [5, 5.41) is 9.59. The number of para-hydroxylation sites is 1. The van der Waals surface area contributed by atoms with E-state index in [-0.39, 0.29) is 12.1 Å². The van der Waals surface area contributed by atoms with Crippen molar-refractivity contribution in [2.45, 2.75) is 6.54 Å². The third-order valence-corrected chi connectivity index (χ3v) is 3.07. The number of hydrogen-bond acceptors (Lipinski definition) is 4. The number of hydrogen-bond donors (Lipinski definition) is 0. The predicted octanol–water partition coefficient (Wildman–Crippen LogP) is 1.71. The van der Waals surface area contributed by atoms with Crippen LogP contribution in [0, 0.1) is 11.3 Å². The van der Waals surface area contributed by atoms with Gasteiger partial charge in [-0.2, -0.15) is 5.26 Å². The molecule has 20 heavy (non-hydrogen) atoms. The summed E-state index contributed by atoms with van der Waals surface area (Å²) in [4.78, 5) is 20.6. The molecule has 3 rings (SSSR count). The summed E-state index contributed by atoms with van der Waals surface area (Å²) in [6.45, 7) is 0.285. The Hall–Kier alpha value is -3.00. The van der Waals surface area contributed by atoms with Crippen LogP contribution in [0.5, 0.6) is 0 Å². The maximum absolute atomic E-state index is 12.4. The van der Waals surface area contributed by atoms with Crippen LogP contribution in [-0.2, 0) is 6.54 Å². The highest BCUT2D eigenvalue weighted by atomic mass is 16.1. The molecule has 2 heterocycles. The molecule has 96 valence electrons. The molecule has 0 fully saturated rings. The van der Waals surface area contributed by atoms with Crippen LogP contribution in [0.15, 0.2) is 53.7 Å². The Morgan fingerprint density at radius 2 is 2.00 bits per heavy atom. The Morgan fingerprint density at radius 3 is 2.85 bits per heavy atom. The number of benzene rings is 1. The van der Waals surface area contributed by atoms with Gasteiger partial charge in [0.1, 0.15) is 11.8 Å². The maximum Gasteiger partial charge on any atom is 0.261 e. The van der Waals surface area contributed by atoms with Crippen LogP contribution in [0.25, 0.3) is 10.9 Å². The lowest BCUT2D eigenvalue weighted by molar-refractivity contribution is 0.743. The van der Waals surface area contributed by atoms with Crippen molar-refractivity contribution in [3.63, 3.8) is 0 Å². The second-order valence-corrected chi connectivity index (χ2v) is 4.32. The van der Waals surface area contributed by atoms with Gasteiger partial charge in [0, 0.05) is 11.8 Å². The van der Waals surface area contributed by atoms with E-state index in [1.165, 1.54) is 10.9 Å². The molecule has 0 saturated carbocycles. The molecule has 0 saturated heterocycles. The minimum absolute atomic E-state index is 0.122. The number of pyridine rings is 1. The SMILES string of the molecule is N#Cc1ncccc1Cn1cnc2ccccc2c1=O. The summed E-state index contributed by atoms with van der Waals surface area (Å²) in [6.07, 6.45) is 3.06. The first-order chi connectivity index (χ1) is 9.79. The minimum atomic E-state index is -0.122. The van der Waals surface area contributed by atoms with E-state index >= 15 is 0 Å². The van der Waals surface area contributed by atoms with Crippen LogP contribution in [-0.4, -0.2) is 14.5 Å². The first-order valence-electron chi connectivity index (χ1n) is 6.08. The normalized spacial score (nSPS) is 10.3. The van der Waals surface area contributed by atoms with Crippen LogP contribution in [0.1, 0.15) is 11.3 Å². The fraction of sp³-hybridized carbons (Fsp3) is 0.0667. The lowest BCUT2D eigenvalue weighted by Gasteiger charge is -2.07. The topological polar surface area (TPSA) is 71.6 Å². The number of nitrogens with zero attached hydrogens (tertiary/aromatic N) is 4. The first kappa shape index (κ1) is 12.1. The molecule has 0 atom stereocenters. The van der Waals surface area contributed by atoms with E-state index in [1.807, 2.05) is 12.1 Å². The lowest BCUT2D eigenvalue weighted by atomic mass is 10.2. The molecule has 0 unspecified atom stereocenters. The Bertz CT molecular complexity index is 877.